The van der Waals surface area contributed by atoms with Crippen LogP contribution in [0.1, 0.15) is 72.9 Å². The molecule has 1 saturated carbocycles. The molecule has 232 valence electrons. The molecule has 1 saturated heterocycles. The second kappa shape index (κ2) is 12.8. The van der Waals surface area contributed by atoms with Crippen LogP contribution in [0.5, 0.6) is 0 Å². The number of anilines is 2. The van der Waals surface area contributed by atoms with Crippen molar-refractivity contribution in [1.29, 1.82) is 0 Å². The van der Waals surface area contributed by atoms with Gasteiger partial charge in [-0.3, -0.25) is 14.3 Å². The van der Waals surface area contributed by atoms with Gasteiger partial charge >= 0.3 is 6.09 Å². The van der Waals surface area contributed by atoms with Crippen molar-refractivity contribution in [3.63, 3.8) is 0 Å². The van der Waals surface area contributed by atoms with Gasteiger partial charge in [0, 0.05) is 62.9 Å². The average Bonchev–Trinajstić information content (AvgIpc) is 3.45. The van der Waals surface area contributed by atoms with Crippen LogP contribution in [0.15, 0.2) is 47.8 Å². The van der Waals surface area contributed by atoms with Gasteiger partial charge in [0.2, 0.25) is 0 Å². The van der Waals surface area contributed by atoms with Gasteiger partial charge in [-0.1, -0.05) is 11.6 Å². The lowest BCUT2D eigenvalue weighted by Crippen LogP contribution is -2.53. The molecule has 0 aromatic carbocycles. The number of hydrogen-bond donors (Lipinski definition) is 0. The first kappa shape index (κ1) is 30.6. The molecule has 5 rings (SSSR count). The number of nitrogens with zero attached hydrogens (tertiary/aromatic N) is 8. The molecule has 11 nitrogen and oxygen atoms in total. The first-order chi connectivity index (χ1) is 20.5. The van der Waals surface area contributed by atoms with Crippen LogP contribution in [-0.2, 0) is 4.74 Å². The van der Waals surface area contributed by atoms with Crippen LogP contribution >= 0.6 is 0 Å². The van der Waals surface area contributed by atoms with E-state index in [0.717, 1.165) is 49.4 Å². The van der Waals surface area contributed by atoms with Gasteiger partial charge in [0.25, 0.3) is 5.56 Å². The molecule has 11 heteroatoms. The highest BCUT2D eigenvalue weighted by atomic mass is 16.6. The van der Waals surface area contributed by atoms with E-state index in [9.17, 15) is 9.59 Å². The molecule has 1 aliphatic heterocycles. The third-order valence-electron chi connectivity index (χ3n) is 8.67. The smallest absolute Gasteiger partial charge is 0.410 e. The number of carbonyl (C=O) groups excluding carboxylic acids is 1. The van der Waals surface area contributed by atoms with Crippen LogP contribution in [0, 0.1) is 5.92 Å². The van der Waals surface area contributed by atoms with E-state index < -0.39 is 5.60 Å². The Bertz CT molecular complexity index is 1460. The second-order valence-corrected chi connectivity index (χ2v) is 13.0. The summed E-state index contributed by atoms with van der Waals surface area (Å²) in [4.78, 5) is 37.3. The Balaban J connectivity index is 1.30. The fourth-order valence-electron chi connectivity index (χ4n) is 5.75. The number of ether oxygens (including phenoxy) is 1. The quantitative estimate of drug-likeness (QED) is 0.342. The second-order valence-electron chi connectivity index (χ2n) is 13.0. The maximum Gasteiger partial charge on any atom is 0.410 e. The van der Waals surface area contributed by atoms with Crippen molar-refractivity contribution in [3.05, 3.63) is 53.3 Å². The van der Waals surface area contributed by atoms with Crippen molar-refractivity contribution in [2.75, 3.05) is 43.0 Å². The van der Waals surface area contributed by atoms with Crippen LogP contribution in [0.25, 0.3) is 11.3 Å². The van der Waals surface area contributed by atoms with E-state index in [-0.39, 0.29) is 23.9 Å². The number of piperidine rings is 1. The summed E-state index contributed by atoms with van der Waals surface area (Å²) in [7, 11) is 2.02. The number of amides is 1. The van der Waals surface area contributed by atoms with Crippen LogP contribution in [0.4, 0.5) is 16.2 Å². The van der Waals surface area contributed by atoms with E-state index in [0.29, 0.717) is 18.2 Å². The van der Waals surface area contributed by atoms with Crippen LogP contribution < -0.4 is 15.4 Å². The summed E-state index contributed by atoms with van der Waals surface area (Å²) in [5, 5.41) is 8.69. The highest BCUT2D eigenvalue weighted by Crippen LogP contribution is 2.31. The summed E-state index contributed by atoms with van der Waals surface area (Å²) >= 11 is 0. The van der Waals surface area contributed by atoms with Crippen molar-refractivity contribution < 1.29 is 9.53 Å². The van der Waals surface area contributed by atoms with Gasteiger partial charge in [0.1, 0.15) is 17.5 Å². The highest BCUT2D eigenvalue weighted by Gasteiger charge is 2.34. The molecule has 4 heterocycles. The molecule has 1 unspecified atom stereocenters. The minimum Gasteiger partial charge on any atom is -0.444 e. The Morgan fingerprint density at radius 3 is 2.63 bits per heavy atom. The predicted molar refractivity (Wildman–Crippen MR) is 169 cm³/mol. The zero-order valence-electron chi connectivity index (χ0n) is 26.4. The standard InChI is InChI=1S/C32H46N8O3/c1-7-36(6)28-16-25(18-33-19-28)29-22-40(35-34-29)23(2)38-15-13-26(17-30(38)41)37-14-9-12-27(21-37)39(20-24-10-8-11-24)31(42)43-32(3,4)5/h13,15-19,22-24,27H,7-12,14,20-21H2,1-6H3/t23?,27-/m1/s1. The van der Waals surface area contributed by atoms with Crippen LogP contribution in [-0.4, -0.2) is 80.4 Å². The van der Waals surface area contributed by atoms with E-state index >= 15 is 0 Å². The van der Waals surface area contributed by atoms with Crippen molar-refractivity contribution in [2.45, 2.75) is 84.5 Å². The molecule has 2 aliphatic rings. The van der Waals surface area contributed by atoms with E-state index in [1.54, 1.807) is 21.5 Å². The molecule has 1 amide bonds. The maximum atomic E-state index is 13.4. The molecule has 3 aromatic heterocycles. The fraction of sp³-hybridized carbons (Fsp3) is 0.594. The Kier molecular flexibility index (Phi) is 9.08. The van der Waals surface area contributed by atoms with Gasteiger partial charge < -0.3 is 19.4 Å². The molecule has 0 bridgehead atoms. The normalized spacial score (nSPS) is 18.2. The van der Waals surface area contributed by atoms with Crippen LogP contribution in [0.2, 0.25) is 0 Å². The van der Waals surface area contributed by atoms with Crippen molar-refractivity contribution in [1.82, 2.24) is 29.4 Å². The van der Waals surface area contributed by atoms with Gasteiger partial charge in [-0.25, -0.2) is 9.48 Å². The zero-order chi connectivity index (χ0) is 30.7. The first-order valence-electron chi connectivity index (χ1n) is 15.6. The first-order valence-corrected chi connectivity index (χ1v) is 15.6. The SMILES string of the molecule is CCN(C)c1cncc(-c2cn(C(C)n3ccc(N4CCC[C@@H](N(CC5CCC5)C(=O)OC(C)(C)C)C4)cc3=O)nn2)c1. The molecule has 0 spiro atoms. The van der Waals surface area contributed by atoms with Gasteiger partial charge in [-0.05, 0) is 78.4 Å². The predicted octanol–water partition coefficient (Wildman–Crippen LogP) is 5.03. The van der Waals surface area contributed by atoms with Crippen molar-refractivity contribution in [2.24, 2.45) is 5.92 Å². The summed E-state index contributed by atoms with van der Waals surface area (Å²) in [6.07, 6.45) is 12.1. The Labute approximate surface area is 254 Å². The summed E-state index contributed by atoms with van der Waals surface area (Å²) in [6.45, 7) is 12.9. The van der Waals surface area contributed by atoms with Gasteiger partial charge in [-0.2, -0.15) is 0 Å². The molecule has 2 atom stereocenters. The summed E-state index contributed by atoms with van der Waals surface area (Å²) < 4.78 is 9.17. The van der Waals surface area contributed by atoms with Gasteiger partial charge in [-0.15, -0.1) is 5.10 Å². The third kappa shape index (κ3) is 7.19. The number of pyridine rings is 2. The lowest BCUT2D eigenvalue weighted by molar-refractivity contribution is 0.00736. The minimum absolute atomic E-state index is 0.0456. The van der Waals surface area contributed by atoms with E-state index in [2.05, 4.69) is 32.0 Å². The molecule has 2 fully saturated rings. The van der Waals surface area contributed by atoms with Gasteiger partial charge in [0.15, 0.2) is 0 Å². The molecular weight excluding hydrogens is 544 g/mol. The Morgan fingerprint density at radius 1 is 1.16 bits per heavy atom. The topological polar surface area (TPSA) is 102 Å². The van der Waals surface area contributed by atoms with Crippen molar-refractivity contribution in [3.8, 4) is 11.3 Å². The van der Waals surface area contributed by atoms with E-state index in [1.165, 1.54) is 19.3 Å². The lowest BCUT2D eigenvalue weighted by atomic mass is 9.84. The largest absolute Gasteiger partial charge is 0.444 e. The Morgan fingerprint density at radius 2 is 1.95 bits per heavy atom. The summed E-state index contributed by atoms with van der Waals surface area (Å²) in [6, 6.07) is 5.76. The summed E-state index contributed by atoms with van der Waals surface area (Å²) in [5.41, 5.74) is 2.79. The number of hydrogen-bond acceptors (Lipinski definition) is 8. The minimum atomic E-state index is -0.540. The van der Waals surface area contributed by atoms with E-state index in [4.69, 9.17) is 4.74 Å². The third-order valence-corrected chi connectivity index (χ3v) is 8.67. The number of rotatable bonds is 9. The Hall–Kier alpha value is -3.89. The average molecular weight is 591 g/mol. The monoisotopic (exact) mass is 590 g/mol. The van der Waals surface area contributed by atoms with Gasteiger partial charge in [0.05, 0.1) is 24.1 Å². The molecule has 0 radical (unpaired) electrons. The molecule has 43 heavy (non-hydrogen) atoms. The molecule has 0 N–H and O–H groups in total. The van der Waals surface area contributed by atoms with E-state index in [1.807, 2.05) is 70.4 Å². The highest BCUT2D eigenvalue weighted by molar-refractivity contribution is 5.69. The van der Waals surface area contributed by atoms with Crippen LogP contribution in [0.3, 0.4) is 0 Å². The zero-order valence-corrected chi connectivity index (χ0v) is 26.4. The fourth-order valence-corrected chi connectivity index (χ4v) is 5.75. The number of aromatic nitrogens is 5. The maximum absolute atomic E-state index is 13.4. The summed E-state index contributed by atoms with van der Waals surface area (Å²) in [5.74, 6) is 0.545. The molecular formula is C32H46N8O3. The lowest BCUT2D eigenvalue weighted by Gasteiger charge is -2.43. The number of carbonyl (C=O) groups is 1. The molecule has 1 aliphatic carbocycles. The van der Waals surface area contributed by atoms with Crippen molar-refractivity contribution >= 4 is 17.5 Å². The molecule has 3 aromatic rings.